The Morgan fingerprint density at radius 1 is 0.944 bits per heavy atom. The monoisotopic (exact) mass is 238 g/mol. The van der Waals surface area contributed by atoms with Crippen LogP contribution in [0.4, 0.5) is 0 Å². The van der Waals surface area contributed by atoms with Gasteiger partial charge in [0.2, 0.25) is 0 Å². The van der Waals surface area contributed by atoms with Gasteiger partial charge in [-0.3, -0.25) is 0 Å². The second-order valence-corrected chi connectivity index (χ2v) is 4.18. The van der Waals surface area contributed by atoms with Crippen molar-refractivity contribution < 1.29 is 9.47 Å². The maximum atomic E-state index is 5.99. The first-order valence-electron chi connectivity index (χ1n) is 5.95. The van der Waals surface area contributed by atoms with Gasteiger partial charge in [0, 0.05) is 6.08 Å². The number of benzene rings is 2. The molecule has 90 valence electrons. The molecule has 0 radical (unpaired) electrons. The highest BCUT2D eigenvalue weighted by atomic mass is 16.5. The van der Waals surface area contributed by atoms with E-state index in [0.717, 1.165) is 22.6 Å². The lowest BCUT2D eigenvalue weighted by Crippen LogP contribution is -2.11. The summed E-state index contributed by atoms with van der Waals surface area (Å²) in [6.45, 7) is 0. The normalized spacial score (nSPS) is 17.4. The van der Waals surface area contributed by atoms with Gasteiger partial charge in [0.25, 0.3) is 0 Å². The first-order valence-corrected chi connectivity index (χ1v) is 5.95. The van der Waals surface area contributed by atoms with Crippen LogP contribution in [0.15, 0.2) is 60.7 Å². The summed E-state index contributed by atoms with van der Waals surface area (Å²) < 4.78 is 11.4. The standard InChI is InChI=1S/C16H14O2/c1-17-16-11-15(12-7-3-2-4-8-12)18-14-10-6-5-9-13(14)16/h2-11,15H,1H3. The zero-order valence-electron chi connectivity index (χ0n) is 10.2. The third-order valence-electron chi connectivity index (χ3n) is 3.06. The van der Waals surface area contributed by atoms with E-state index in [1.54, 1.807) is 7.11 Å². The van der Waals surface area contributed by atoms with Crippen molar-refractivity contribution in [2.75, 3.05) is 7.11 Å². The molecule has 2 heteroatoms. The van der Waals surface area contributed by atoms with Crippen molar-refractivity contribution in [2.24, 2.45) is 0 Å². The molecule has 0 N–H and O–H groups in total. The van der Waals surface area contributed by atoms with Crippen LogP contribution >= 0.6 is 0 Å². The average molecular weight is 238 g/mol. The molecule has 0 spiro atoms. The van der Waals surface area contributed by atoms with E-state index in [-0.39, 0.29) is 6.10 Å². The number of ether oxygens (including phenoxy) is 2. The molecule has 0 fully saturated rings. The predicted octanol–water partition coefficient (Wildman–Crippen LogP) is 3.81. The van der Waals surface area contributed by atoms with Gasteiger partial charge in [-0.05, 0) is 17.7 Å². The van der Waals surface area contributed by atoms with Gasteiger partial charge < -0.3 is 9.47 Å². The molecule has 1 aliphatic heterocycles. The molecule has 0 saturated carbocycles. The van der Waals surface area contributed by atoms with Crippen molar-refractivity contribution in [3.8, 4) is 5.75 Å². The van der Waals surface area contributed by atoms with Crippen LogP contribution in [0.1, 0.15) is 17.2 Å². The molecule has 2 aromatic rings. The highest BCUT2D eigenvalue weighted by Crippen LogP contribution is 2.37. The van der Waals surface area contributed by atoms with Crippen molar-refractivity contribution in [3.63, 3.8) is 0 Å². The number of methoxy groups -OCH3 is 1. The Kier molecular flexibility index (Phi) is 2.77. The van der Waals surface area contributed by atoms with E-state index in [4.69, 9.17) is 9.47 Å². The minimum Gasteiger partial charge on any atom is -0.496 e. The summed E-state index contributed by atoms with van der Waals surface area (Å²) in [5.74, 6) is 1.73. The minimum absolute atomic E-state index is 0.0870. The number of para-hydroxylation sites is 1. The number of hydrogen-bond donors (Lipinski definition) is 0. The SMILES string of the molecule is COC1=CC(c2ccccc2)Oc2ccccc21. The summed E-state index contributed by atoms with van der Waals surface area (Å²) in [6.07, 6.45) is 1.92. The first-order chi connectivity index (χ1) is 8.88. The molecule has 0 aliphatic carbocycles. The summed E-state index contributed by atoms with van der Waals surface area (Å²) in [7, 11) is 1.69. The molecule has 3 rings (SSSR count). The zero-order valence-corrected chi connectivity index (χ0v) is 10.2. The smallest absolute Gasteiger partial charge is 0.146 e. The minimum atomic E-state index is -0.0870. The largest absolute Gasteiger partial charge is 0.496 e. The number of fused-ring (bicyclic) bond motifs is 1. The summed E-state index contributed by atoms with van der Waals surface area (Å²) in [6, 6.07) is 18.1. The topological polar surface area (TPSA) is 18.5 Å². The van der Waals surface area contributed by atoms with Crippen molar-refractivity contribution in [1.29, 1.82) is 0 Å². The van der Waals surface area contributed by atoms with Gasteiger partial charge in [-0.1, -0.05) is 42.5 Å². The Labute approximate surface area is 106 Å². The summed E-state index contributed by atoms with van der Waals surface area (Å²) in [5, 5.41) is 0. The number of rotatable bonds is 2. The highest BCUT2D eigenvalue weighted by Gasteiger charge is 2.21. The number of hydrogen-bond acceptors (Lipinski definition) is 2. The molecule has 1 unspecified atom stereocenters. The maximum Gasteiger partial charge on any atom is 0.146 e. The third-order valence-corrected chi connectivity index (χ3v) is 3.06. The van der Waals surface area contributed by atoms with E-state index in [0.29, 0.717) is 0 Å². The van der Waals surface area contributed by atoms with Gasteiger partial charge in [0.1, 0.15) is 17.6 Å². The molecule has 1 atom stereocenters. The van der Waals surface area contributed by atoms with Crippen molar-refractivity contribution in [2.45, 2.75) is 6.10 Å². The van der Waals surface area contributed by atoms with Gasteiger partial charge in [0.05, 0.1) is 12.7 Å². The molecular formula is C16H14O2. The molecule has 1 heterocycles. The summed E-state index contributed by atoms with van der Waals surface area (Å²) in [4.78, 5) is 0. The fourth-order valence-electron chi connectivity index (χ4n) is 2.16. The van der Waals surface area contributed by atoms with E-state index < -0.39 is 0 Å². The Morgan fingerprint density at radius 3 is 2.44 bits per heavy atom. The Hall–Kier alpha value is -2.22. The Bertz CT molecular complexity index is 573. The van der Waals surface area contributed by atoms with Crippen LogP contribution in [-0.2, 0) is 4.74 Å². The van der Waals surface area contributed by atoms with E-state index >= 15 is 0 Å². The predicted molar refractivity (Wildman–Crippen MR) is 71.2 cm³/mol. The second-order valence-electron chi connectivity index (χ2n) is 4.18. The highest BCUT2D eigenvalue weighted by molar-refractivity contribution is 5.68. The molecular weight excluding hydrogens is 224 g/mol. The third kappa shape index (κ3) is 1.86. The van der Waals surface area contributed by atoms with Crippen LogP contribution in [0.2, 0.25) is 0 Å². The van der Waals surface area contributed by atoms with Gasteiger partial charge in [-0.15, -0.1) is 0 Å². The lowest BCUT2D eigenvalue weighted by Gasteiger charge is -2.24. The van der Waals surface area contributed by atoms with Crippen LogP contribution < -0.4 is 4.74 Å². The lowest BCUT2D eigenvalue weighted by molar-refractivity contribution is 0.238. The second kappa shape index (κ2) is 4.57. The van der Waals surface area contributed by atoms with Gasteiger partial charge in [-0.2, -0.15) is 0 Å². The van der Waals surface area contributed by atoms with Crippen LogP contribution in [0.25, 0.3) is 5.76 Å². The van der Waals surface area contributed by atoms with E-state index in [1.807, 2.05) is 48.5 Å². The van der Waals surface area contributed by atoms with Crippen LogP contribution in [-0.4, -0.2) is 7.11 Å². The fraction of sp³-hybridized carbons (Fsp3) is 0.125. The molecule has 0 bridgehead atoms. The van der Waals surface area contributed by atoms with Gasteiger partial charge in [-0.25, -0.2) is 0 Å². The van der Waals surface area contributed by atoms with Crippen molar-refractivity contribution in [1.82, 2.24) is 0 Å². The average Bonchev–Trinajstić information content (AvgIpc) is 2.47. The van der Waals surface area contributed by atoms with E-state index in [1.165, 1.54) is 0 Å². The maximum absolute atomic E-state index is 5.99. The van der Waals surface area contributed by atoms with E-state index in [9.17, 15) is 0 Å². The summed E-state index contributed by atoms with van der Waals surface area (Å²) in [5.41, 5.74) is 2.13. The first kappa shape index (κ1) is 10.9. The fourth-order valence-corrected chi connectivity index (χ4v) is 2.16. The molecule has 1 aliphatic rings. The molecule has 0 amide bonds. The molecule has 18 heavy (non-hydrogen) atoms. The molecule has 0 aromatic heterocycles. The van der Waals surface area contributed by atoms with E-state index in [2.05, 4.69) is 12.1 Å². The van der Waals surface area contributed by atoms with Crippen LogP contribution in [0.5, 0.6) is 5.75 Å². The molecule has 2 nitrogen and oxygen atoms in total. The van der Waals surface area contributed by atoms with Gasteiger partial charge >= 0.3 is 0 Å². The van der Waals surface area contributed by atoms with Crippen molar-refractivity contribution in [3.05, 3.63) is 71.8 Å². The molecule has 2 aromatic carbocycles. The zero-order chi connectivity index (χ0) is 12.4. The molecule has 0 saturated heterocycles. The quantitative estimate of drug-likeness (QED) is 0.792. The van der Waals surface area contributed by atoms with Crippen molar-refractivity contribution >= 4 is 5.76 Å². The van der Waals surface area contributed by atoms with Gasteiger partial charge in [0.15, 0.2) is 0 Å². The lowest BCUT2D eigenvalue weighted by atomic mass is 10.0. The Balaban J connectivity index is 2.03. The summed E-state index contributed by atoms with van der Waals surface area (Å²) >= 11 is 0. The van der Waals surface area contributed by atoms with Crippen LogP contribution in [0.3, 0.4) is 0 Å². The Morgan fingerprint density at radius 2 is 1.67 bits per heavy atom. The van der Waals surface area contributed by atoms with Crippen LogP contribution in [0, 0.1) is 0 Å².